The van der Waals surface area contributed by atoms with Gasteiger partial charge < -0.3 is 9.42 Å². The Labute approximate surface area is 128 Å². The van der Waals surface area contributed by atoms with Crippen molar-refractivity contribution in [3.8, 4) is 11.3 Å². The number of amides is 1. The predicted molar refractivity (Wildman–Crippen MR) is 80.6 cm³/mol. The fourth-order valence-electron chi connectivity index (χ4n) is 2.71. The molecule has 22 heavy (non-hydrogen) atoms. The van der Waals surface area contributed by atoms with E-state index in [2.05, 4.69) is 12.1 Å². The highest BCUT2D eigenvalue weighted by molar-refractivity contribution is 5.78. The Morgan fingerprint density at radius 1 is 1.36 bits per heavy atom. The summed E-state index contributed by atoms with van der Waals surface area (Å²) in [7, 11) is 0. The maximum Gasteiger partial charge on any atom is 0.228 e. The quantitative estimate of drug-likeness (QED) is 0.874. The second kappa shape index (κ2) is 6.30. The van der Waals surface area contributed by atoms with Crippen LogP contribution in [0.5, 0.6) is 0 Å². The second-order valence-corrected chi connectivity index (χ2v) is 5.90. The molecule has 0 bridgehead atoms. The minimum atomic E-state index is -0.360. The van der Waals surface area contributed by atoms with Gasteiger partial charge in [-0.15, -0.1) is 0 Å². The lowest BCUT2D eigenvalue weighted by Gasteiger charge is -2.30. The zero-order valence-electron chi connectivity index (χ0n) is 12.6. The predicted octanol–water partition coefficient (Wildman–Crippen LogP) is 3.28. The summed E-state index contributed by atoms with van der Waals surface area (Å²) in [6, 6.07) is 8.01. The molecule has 1 aromatic carbocycles. The third-order valence-corrected chi connectivity index (χ3v) is 4.17. The molecule has 1 aliphatic rings. The van der Waals surface area contributed by atoms with E-state index in [0.29, 0.717) is 22.9 Å². The van der Waals surface area contributed by atoms with E-state index in [1.54, 1.807) is 24.3 Å². The van der Waals surface area contributed by atoms with Crippen molar-refractivity contribution in [2.24, 2.45) is 5.92 Å². The molecule has 1 aliphatic heterocycles. The van der Waals surface area contributed by atoms with Gasteiger partial charge in [-0.2, -0.15) is 0 Å². The first-order valence-electron chi connectivity index (χ1n) is 7.62. The number of piperidine rings is 1. The van der Waals surface area contributed by atoms with E-state index in [-0.39, 0.29) is 18.1 Å². The summed E-state index contributed by atoms with van der Waals surface area (Å²) in [6.07, 6.45) is 2.29. The molecule has 2 heterocycles. The molecule has 0 saturated carbocycles. The van der Waals surface area contributed by atoms with Crippen molar-refractivity contribution in [2.45, 2.75) is 26.2 Å². The third kappa shape index (κ3) is 3.18. The van der Waals surface area contributed by atoms with Gasteiger partial charge >= 0.3 is 0 Å². The highest BCUT2D eigenvalue weighted by Crippen LogP contribution is 2.24. The van der Waals surface area contributed by atoms with E-state index in [1.807, 2.05) is 4.90 Å². The van der Waals surface area contributed by atoms with Gasteiger partial charge in [0.2, 0.25) is 5.91 Å². The van der Waals surface area contributed by atoms with Crippen molar-refractivity contribution in [3.05, 3.63) is 41.8 Å². The van der Waals surface area contributed by atoms with Gasteiger partial charge in [0.05, 0.1) is 17.7 Å². The van der Waals surface area contributed by atoms with Crippen molar-refractivity contribution >= 4 is 5.91 Å². The summed E-state index contributed by atoms with van der Waals surface area (Å²) in [4.78, 5) is 14.1. The van der Waals surface area contributed by atoms with Crippen LogP contribution in [0.2, 0.25) is 0 Å². The van der Waals surface area contributed by atoms with Crippen LogP contribution < -0.4 is 0 Å². The minimum Gasteiger partial charge on any atom is -0.356 e. The number of carbonyl (C=O) groups excluding carboxylic acids is 1. The average Bonchev–Trinajstić information content (AvgIpc) is 2.96. The molecule has 5 heteroatoms. The molecule has 0 spiro atoms. The van der Waals surface area contributed by atoms with Crippen LogP contribution in [0.4, 0.5) is 4.39 Å². The summed E-state index contributed by atoms with van der Waals surface area (Å²) < 4.78 is 18.9. The first-order valence-corrected chi connectivity index (χ1v) is 7.62. The molecule has 0 atom stereocenters. The molecule has 0 unspecified atom stereocenters. The number of nitrogens with zero attached hydrogens (tertiary/aromatic N) is 2. The Balaban J connectivity index is 1.67. The molecule has 1 saturated heterocycles. The van der Waals surface area contributed by atoms with Gasteiger partial charge in [-0.25, -0.2) is 4.39 Å². The van der Waals surface area contributed by atoms with Crippen LogP contribution in [-0.4, -0.2) is 29.1 Å². The van der Waals surface area contributed by atoms with Gasteiger partial charge in [0, 0.05) is 19.2 Å². The normalized spacial score (nSPS) is 16.0. The monoisotopic (exact) mass is 302 g/mol. The van der Waals surface area contributed by atoms with Gasteiger partial charge in [-0.05, 0) is 30.9 Å². The lowest BCUT2D eigenvalue weighted by atomic mass is 9.99. The van der Waals surface area contributed by atoms with Gasteiger partial charge in [0.1, 0.15) is 5.82 Å². The van der Waals surface area contributed by atoms with Crippen molar-refractivity contribution in [2.75, 3.05) is 13.1 Å². The van der Waals surface area contributed by atoms with Gasteiger partial charge in [-0.1, -0.05) is 24.2 Å². The number of hydrogen-bond donors (Lipinski definition) is 0. The molecule has 0 aliphatic carbocycles. The smallest absolute Gasteiger partial charge is 0.228 e. The van der Waals surface area contributed by atoms with Crippen molar-refractivity contribution in [1.82, 2.24) is 10.1 Å². The summed E-state index contributed by atoms with van der Waals surface area (Å²) in [5.41, 5.74) is 0.905. The fraction of sp³-hybridized carbons (Fsp3) is 0.412. The van der Waals surface area contributed by atoms with E-state index < -0.39 is 0 Å². The maximum absolute atomic E-state index is 13.7. The molecule has 116 valence electrons. The summed E-state index contributed by atoms with van der Waals surface area (Å²) >= 11 is 0. The topological polar surface area (TPSA) is 46.3 Å². The van der Waals surface area contributed by atoms with Crippen molar-refractivity contribution in [3.63, 3.8) is 0 Å². The van der Waals surface area contributed by atoms with E-state index >= 15 is 0 Å². The number of rotatable bonds is 3. The van der Waals surface area contributed by atoms with E-state index in [4.69, 9.17) is 4.52 Å². The number of benzene rings is 1. The summed E-state index contributed by atoms with van der Waals surface area (Å²) in [5, 5.41) is 3.89. The molecule has 1 aromatic heterocycles. The second-order valence-electron chi connectivity index (χ2n) is 5.90. The highest BCUT2D eigenvalue weighted by atomic mass is 19.1. The molecule has 1 fully saturated rings. The molecule has 3 rings (SSSR count). The molecule has 1 amide bonds. The number of hydrogen-bond acceptors (Lipinski definition) is 3. The summed E-state index contributed by atoms with van der Waals surface area (Å²) in [6.45, 7) is 3.82. The lowest BCUT2D eigenvalue weighted by Crippen LogP contribution is -2.38. The van der Waals surface area contributed by atoms with Gasteiger partial charge in [-0.3, -0.25) is 4.79 Å². The van der Waals surface area contributed by atoms with Crippen LogP contribution in [0.25, 0.3) is 11.3 Å². The van der Waals surface area contributed by atoms with Crippen LogP contribution in [-0.2, 0) is 11.2 Å². The van der Waals surface area contributed by atoms with Crippen LogP contribution in [0.3, 0.4) is 0 Å². The van der Waals surface area contributed by atoms with Crippen LogP contribution in [0, 0.1) is 11.7 Å². The highest BCUT2D eigenvalue weighted by Gasteiger charge is 2.21. The number of likely N-dealkylation sites (tertiary alicyclic amines) is 1. The molecule has 0 N–H and O–H groups in total. The minimum absolute atomic E-state index is 0.0558. The van der Waals surface area contributed by atoms with E-state index in [9.17, 15) is 9.18 Å². The largest absolute Gasteiger partial charge is 0.356 e. The zero-order chi connectivity index (χ0) is 15.5. The van der Waals surface area contributed by atoms with Gasteiger partial charge in [0.25, 0.3) is 0 Å². The van der Waals surface area contributed by atoms with Crippen LogP contribution >= 0.6 is 0 Å². The Morgan fingerprint density at radius 2 is 2.09 bits per heavy atom. The SMILES string of the molecule is CC1CCN(C(=O)Cc2cc(-c3ccccc3F)on2)CC1. The third-order valence-electron chi connectivity index (χ3n) is 4.17. The molecule has 0 radical (unpaired) electrons. The lowest BCUT2D eigenvalue weighted by molar-refractivity contribution is -0.131. The number of aromatic nitrogens is 1. The molecular formula is C17H19FN2O2. The zero-order valence-corrected chi connectivity index (χ0v) is 12.6. The van der Waals surface area contributed by atoms with Crippen LogP contribution in [0.15, 0.2) is 34.9 Å². The van der Waals surface area contributed by atoms with Crippen LogP contribution in [0.1, 0.15) is 25.5 Å². The average molecular weight is 302 g/mol. The first kappa shape index (κ1) is 14.8. The van der Waals surface area contributed by atoms with E-state index in [1.165, 1.54) is 6.07 Å². The van der Waals surface area contributed by atoms with Crippen molar-refractivity contribution in [1.29, 1.82) is 0 Å². The Morgan fingerprint density at radius 3 is 2.82 bits per heavy atom. The Kier molecular flexibility index (Phi) is 4.22. The standard InChI is InChI=1S/C17H19FN2O2/c1-12-6-8-20(9-7-12)17(21)11-13-10-16(22-19-13)14-4-2-3-5-15(14)18/h2-5,10,12H,6-9,11H2,1H3. The molecule has 4 nitrogen and oxygen atoms in total. The number of halogens is 1. The summed E-state index contributed by atoms with van der Waals surface area (Å²) in [5.74, 6) is 0.735. The molecular weight excluding hydrogens is 283 g/mol. The Bertz CT molecular complexity index is 660. The van der Waals surface area contributed by atoms with Gasteiger partial charge in [0.15, 0.2) is 5.76 Å². The van der Waals surface area contributed by atoms with E-state index in [0.717, 1.165) is 25.9 Å². The molecule has 2 aromatic rings. The maximum atomic E-state index is 13.7. The Hall–Kier alpha value is -2.17. The fourth-order valence-corrected chi connectivity index (χ4v) is 2.71. The van der Waals surface area contributed by atoms with Crippen molar-refractivity contribution < 1.29 is 13.7 Å². The number of carbonyl (C=O) groups is 1. The first-order chi connectivity index (χ1) is 10.6.